The number of hydrogen-bond donors (Lipinski definition) is 1. The van der Waals surface area contributed by atoms with E-state index in [-0.39, 0.29) is 11.5 Å². The Bertz CT molecular complexity index is 629. The van der Waals surface area contributed by atoms with Crippen LogP contribution in [0.3, 0.4) is 0 Å². The summed E-state index contributed by atoms with van der Waals surface area (Å²) in [6.45, 7) is 4.46. The summed E-state index contributed by atoms with van der Waals surface area (Å²) in [5.74, 6) is -0.169. The lowest BCUT2D eigenvalue weighted by Gasteiger charge is -2.21. The predicted octanol–water partition coefficient (Wildman–Crippen LogP) is 2.35. The van der Waals surface area contributed by atoms with Crippen molar-refractivity contribution in [1.82, 2.24) is 4.98 Å². The van der Waals surface area contributed by atoms with Crippen LogP contribution in [-0.4, -0.2) is 17.4 Å². The number of rotatable bonds is 3. The summed E-state index contributed by atoms with van der Waals surface area (Å²) in [6.07, 6.45) is 1.48. The van der Waals surface area contributed by atoms with Crippen molar-refractivity contribution in [2.24, 2.45) is 0 Å². The second-order valence-corrected chi connectivity index (χ2v) is 4.33. The minimum Gasteiger partial charge on any atom is -0.329 e. The van der Waals surface area contributed by atoms with Gasteiger partial charge in [-0.15, -0.1) is 0 Å². The van der Waals surface area contributed by atoms with Crippen molar-refractivity contribution in [3.05, 3.63) is 64.1 Å². The van der Waals surface area contributed by atoms with Crippen molar-refractivity contribution in [2.75, 3.05) is 11.4 Å². The zero-order valence-electron chi connectivity index (χ0n) is 11.0. The number of carbonyl (C=O) groups excluding carboxylic acids is 1. The van der Waals surface area contributed by atoms with Gasteiger partial charge >= 0.3 is 0 Å². The lowest BCUT2D eigenvalue weighted by Crippen LogP contribution is -2.31. The lowest BCUT2D eigenvalue weighted by atomic mass is 10.2. The SMILES string of the molecule is CCN(C(=O)c1cc[nH]c(=O)c1)c1ccc(C)cc1. The third-order valence-corrected chi connectivity index (χ3v) is 2.93. The monoisotopic (exact) mass is 256 g/mol. The van der Waals surface area contributed by atoms with Gasteiger partial charge < -0.3 is 9.88 Å². The number of carbonyl (C=O) groups is 1. The first-order valence-electron chi connectivity index (χ1n) is 6.19. The molecule has 0 radical (unpaired) electrons. The molecule has 1 aromatic carbocycles. The van der Waals surface area contributed by atoms with Gasteiger partial charge in [-0.1, -0.05) is 17.7 Å². The Balaban J connectivity index is 2.34. The fraction of sp³-hybridized carbons (Fsp3) is 0.200. The summed E-state index contributed by atoms with van der Waals surface area (Å²) < 4.78 is 0. The highest BCUT2D eigenvalue weighted by atomic mass is 16.2. The molecule has 0 spiro atoms. The molecule has 19 heavy (non-hydrogen) atoms. The average molecular weight is 256 g/mol. The first-order chi connectivity index (χ1) is 9.11. The summed E-state index contributed by atoms with van der Waals surface area (Å²) in [5, 5.41) is 0. The van der Waals surface area contributed by atoms with E-state index in [0.717, 1.165) is 11.3 Å². The van der Waals surface area contributed by atoms with E-state index in [1.807, 2.05) is 38.1 Å². The van der Waals surface area contributed by atoms with Gasteiger partial charge in [-0.25, -0.2) is 0 Å². The van der Waals surface area contributed by atoms with E-state index in [2.05, 4.69) is 4.98 Å². The van der Waals surface area contributed by atoms with Crippen LogP contribution in [0.4, 0.5) is 5.69 Å². The zero-order chi connectivity index (χ0) is 13.8. The van der Waals surface area contributed by atoms with Crippen LogP contribution in [0.1, 0.15) is 22.8 Å². The maximum atomic E-state index is 12.4. The summed E-state index contributed by atoms with van der Waals surface area (Å²) in [7, 11) is 0. The normalized spacial score (nSPS) is 10.2. The Labute approximate surface area is 111 Å². The van der Waals surface area contributed by atoms with Crippen LogP contribution in [0.25, 0.3) is 0 Å². The van der Waals surface area contributed by atoms with E-state index in [1.54, 1.807) is 11.0 Å². The Morgan fingerprint density at radius 1 is 1.21 bits per heavy atom. The third-order valence-electron chi connectivity index (χ3n) is 2.93. The molecule has 4 nitrogen and oxygen atoms in total. The number of aromatic nitrogens is 1. The van der Waals surface area contributed by atoms with Gasteiger partial charge in [0.2, 0.25) is 5.56 Å². The highest BCUT2D eigenvalue weighted by Crippen LogP contribution is 2.17. The standard InChI is InChI=1S/C15H16N2O2/c1-3-17(13-6-4-11(2)5-7-13)15(19)12-8-9-16-14(18)10-12/h4-10H,3H2,1-2H3,(H,16,18). The van der Waals surface area contributed by atoms with E-state index >= 15 is 0 Å². The number of amides is 1. The molecule has 1 N–H and O–H groups in total. The Morgan fingerprint density at radius 3 is 2.47 bits per heavy atom. The molecule has 0 saturated carbocycles. The van der Waals surface area contributed by atoms with E-state index < -0.39 is 0 Å². The van der Waals surface area contributed by atoms with Gasteiger partial charge in [-0.05, 0) is 32.0 Å². The van der Waals surface area contributed by atoms with Crippen LogP contribution in [0.2, 0.25) is 0 Å². The van der Waals surface area contributed by atoms with Gasteiger partial charge in [-0.3, -0.25) is 9.59 Å². The molecule has 98 valence electrons. The second kappa shape index (κ2) is 5.52. The molecule has 0 aliphatic heterocycles. The summed E-state index contributed by atoms with van der Waals surface area (Å²) >= 11 is 0. The number of nitrogens with zero attached hydrogens (tertiary/aromatic N) is 1. The molecule has 1 amide bonds. The smallest absolute Gasteiger partial charge is 0.258 e. The molecular formula is C15H16N2O2. The summed E-state index contributed by atoms with van der Waals surface area (Å²) in [4.78, 5) is 27.8. The molecule has 0 atom stereocenters. The van der Waals surface area contributed by atoms with E-state index in [9.17, 15) is 9.59 Å². The topological polar surface area (TPSA) is 53.2 Å². The predicted molar refractivity (Wildman–Crippen MR) is 75.6 cm³/mol. The van der Waals surface area contributed by atoms with Crippen molar-refractivity contribution in [3.63, 3.8) is 0 Å². The van der Waals surface area contributed by atoms with Gasteiger partial charge in [-0.2, -0.15) is 0 Å². The molecule has 0 aliphatic carbocycles. The summed E-state index contributed by atoms with van der Waals surface area (Å²) in [6, 6.07) is 10.7. The number of hydrogen-bond acceptors (Lipinski definition) is 2. The molecule has 4 heteroatoms. The molecule has 2 rings (SSSR count). The summed E-state index contributed by atoms with van der Waals surface area (Å²) in [5.41, 5.74) is 2.10. The van der Waals surface area contributed by atoms with Crippen LogP contribution < -0.4 is 10.5 Å². The molecule has 1 aromatic heterocycles. The van der Waals surface area contributed by atoms with Gasteiger partial charge in [0.15, 0.2) is 0 Å². The third kappa shape index (κ3) is 2.91. The number of nitrogens with one attached hydrogen (secondary N) is 1. The van der Waals surface area contributed by atoms with Crippen LogP contribution in [0.15, 0.2) is 47.4 Å². The number of aromatic amines is 1. The number of benzene rings is 1. The van der Waals surface area contributed by atoms with E-state index in [1.165, 1.54) is 12.3 Å². The fourth-order valence-corrected chi connectivity index (χ4v) is 1.90. The minimum absolute atomic E-state index is 0.169. The lowest BCUT2D eigenvalue weighted by molar-refractivity contribution is 0.0988. The fourth-order valence-electron chi connectivity index (χ4n) is 1.90. The molecule has 0 unspecified atom stereocenters. The highest BCUT2D eigenvalue weighted by molar-refractivity contribution is 6.05. The number of pyridine rings is 1. The Hall–Kier alpha value is -2.36. The van der Waals surface area contributed by atoms with Crippen molar-refractivity contribution >= 4 is 11.6 Å². The van der Waals surface area contributed by atoms with Gasteiger partial charge in [0.05, 0.1) is 0 Å². The van der Waals surface area contributed by atoms with Gasteiger partial charge in [0.1, 0.15) is 0 Å². The second-order valence-electron chi connectivity index (χ2n) is 4.33. The zero-order valence-corrected chi connectivity index (χ0v) is 11.0. The highest BCUT2D eigenvalue weighted by Gasteiger charge is 2.16. The minimum atomic E-state index is -0.272. The molecule has 2 aromatic rings. The van der Waals surface area contributed by atoms with Crippen LogP contribution >= 0.6 is 0 Å². The number of aryl methyl sites for hydroxylation is 1. The molecular weight excluding hydrogens is 240 g/mol. The maximum Gasteiger partial charge on any atom is 0.258 e. The van der Waals surface area contributed by atoms with E-state index in [0.29, 0.717) is 12.1 Å². The Morgan fingerprint density at radius 2 is 1.89 bits per heavy atom. The van der Waals surface area contributed by atoms with Crippen LogP contribution in [-0.2, 0) is 0 Å². The molecule has 1 heterocycles. The molecule has 0 aliphatic rings. The number of H-pyrrole nitrogens is 1. The van der Waals surface area contributed by atoms with Crippen molar-refractivity contribution in [2.45, 2.75) is 13.8 Å². The van der Waals surface area contributed by atoms with Gasteiger partial charge in [0.25, 0.3) is 5.91 Å². The first-order valence-corrected chi connectivity index (χ1v) is 6.19. The largest absolute Gasteiger partial charge is 0.329 e. The van der Waals surface area contributed by atoms with E-state index in [4.69, 9.17) is 0 Å². The van der Waals surface area contributed by atoms with Crippen molar-refractivity contribution < 1.29 is 4.79 Å². The average Bonchev–Trinajstić information content (AvgIpc) is 2.41. The van der Waals surface area contributed by atoms with Crippen LogP contribution in [0.5, 0.6) is 0 Å². The molecule has 0 fully saturated rings. The number of anilines is 1. The van der Waals surface area contributed by atoms with Crippen molar-refractivity contribution in [1.29, 1.82) is 0 Å². The van der Waals surface area contributed by atoms with Crippen molar-refractivity contribution in [3.8, 4) is 0 Å². The maximum absolute atomic E-state index is 12.4. The quantitative estimate of drug-likeness (QED) is 0.916. The van der Waals surface area contributed by atoms with Crippen LogP contribution in [0, 0.1) is 6.92 Å². The Kier molecular flexibility index (Phi) is 3.80. The van der Waals surface area contributed by atoms with Gasteiger partial charge in [0, 0.05) is 30.1 Å². The molecule has 0 bridgehead atoms. The molecule has 0 saturated heterocycles. The first kappa shape index (κ1) is 13.1.